The second kappa shape index (κ2) is 9.71. The smallest absolute Gasteiger partial charge is 0.217 e. The maximum atomic E-state index is 13.6. The van der Waals surface area contributed by atoms with E-state index in [1.807, 2.05) is 0 Å². The van der Waals surface area contributed by atoms with Crippen molar-refractivity contribution >= 4 is 17.2 Å². The summed E-state index contributed by atoms with van der Waals surface area (Å²) >= 11 is 1.76. The molecule has 33 heavy (non-hydrogen) atoms. The Morgan fingerprint density at radius 1 is 1.12 bits per heavy atom. The van der Waals surface area contributed by atoms with Crippen LogP contribution in [-0.4, -0.2) is 29.7 Å². The first-order valence-electron chi connectivity index (χ1n) is 11.1. The van der Waals surface area contributed by atoms with E-state index in [2.05, 4.69) is 54.0 Å². The van der Waals surface area contributed by atoms with Gasteiger partial charge in [-0.05, 0) is 73.2 Å². The molecule has 3 N–H and O–H groups in total. The van der Waals surface area contributed by atoms with Crippen molar-refractivity contribution in [3.63, 3.8) is 0 Å². The minimum atomic E-state index is -0.930. The Morgan fingerprint density at radius 3 is 2.45 bits per heavy atom. The van der Waals surface area contributed by atoms with Gasteiger partial charge in [-0.15, -0.1) is 11.3 Å². The monoisotopic (exact) mass is 470 g/mol. The van der Waals surface area contributed by atoms with Gasteiger partial charge < -0.3 is 15.7 Å². The quantitative estimate of drug-likeness (QED) is 0.425. The molecular weight excluding hydrogens is 442 g/mol. The number of aliphatic hydroxyl groups is 1. The molecule has 1 aliphatic rings. The van der Waals surface area contributed by atoms with E-state index in [-0.39, 0.29) is 24.4 Å². The van der Waals surface area contributed by atoms with Crippen LogP contribution >= 0.6 is 11.3 Å². The van der Waals surface area contributed by atoms with Crippen LogP contribution in [-0.2, 0) is 16.8 Å². The molecule has 7 heteroatoms. The van der Waals surface area contributed by atoms with Crippen molar-refractivity contribution in [3.05, 3.63) is 82.2 Å². The number of benzene rings is 2. The Labute approximate surface area is 196 Å². The van der Waals surface area contributed by atoms with Crippen molar-refractivity contribution < 1.29 is 18.7 Å². The van der Waals surface area contributed by atoms with Crippen molar-refractivity contribution in [1.29, 1.82) is 0 Å². The summed E-state index contributed by atoms with van der Waals surface area (Å²) in [5.74, 6) is -1.68. The second-order valence-electron chi connectivity index (χ2n) is 8.81. The van der Waals surface area contributed by atoms with Crippen molar-refractivity contribution in [2.24, 2.45) is 0 Å². The van der Waals surface area contributed by atoms with Crippen molar-refractivity contribution in [1.82, 2.24) is 10.6 Å². The van der Waals surface area contributed by atoms with Crippen LogP contribution in [0.25, 0.3) is 10.4 Å². The average Bonchev–Trinajstić information content (AvgIpc) is 3.43. The number of carbonyl (C=O) groups is 1. The fourth-order valence-corrected chi connectivity index (χ4v) is 5.09. The highest BCUT2D eigenvalue weighted by Crippen LogP contribution is 2.46. The predicted molar refractivity (Wildman–Crippen MR) is 127 cm³/mol. The van der Waals surface area contributed by atoms with Gasteiger partial charge in [0.15, 0.2) is 0 Å². The zero-order valence-electron chi connectivity index (χ0n) is 18.7. The SMILES string of the molecule is CC(=O)NC(Cc1cc(F)cc(F)c1)C(O)CNC1(c2cccc(-c3ccc(C)s3)c2)CC1. The summed E-state index contributed by atoms with van der Waals surface area (Å²) in [6.45, 7) is 3.69. The number of aryl methyl sites for hydroxylation is 1. The summed E-state index contributed by atoms with van der Waals surface area (Å²) in [6, 6.07) is 15.3. The summed E-state index contributed by atoms with van der Waals surface area (Å²) in [6.07, 6.45) is 1.09. The van der Waals surface area contributed by atoms with Gasteiger partial charge >= 0.3 is 0 Å². The molecule has 4 nitrogen and oxygen atoms in total. The molecule has 0 saturated heterocycles. The topological polar surface area (TPSA) is 61.4 Å². The van der Waals surface area contributed by atoms with E-state index in [1.165, 1.54) is 39.9 Å². The molecule has 1 aromatic heterocycles. The normalized spacial score (nSPS) is 16.3. The molecule has 0 aliphatic heterocycles. The fourth-order valence-electron chi connectivity index (χ4n) is 4.22. The number of thiophene rings is 1. The first kappa shape index (κ1) is 23.5. The highest BCUT2D eigenvalue weighted by atomic mass is 32.1. The average molecular weight is 471 g/mol. The summed E-state index contributed by atoms with van der Waals surface area (Å²) < 4.78 is 27.2. The summed E-state index contributed by atoms with van der Waals surface area (Å²) in [5.41, 5.74) is 2.50. The Hall–Kier alpha value is -2.61. The van der Waals surface area contributed by atoms with E-state index in [4.69, 9.17) is 0 Å². The fraction of sp³-hybridized carbons (Fsp3) is 0.346. The van der Waals surface area contributed by atoms with E-state index in [9.17, 15) is 18.7 Å². The molecular formula is C26H28F2N2O2S. The van der Waals surface area contributed by atoms with E-state index in [0.29, 0.717) is 5.56 Å². The van der Waals surface area contributed by atoms with Gasteiger partial charge in [0, 0.05) is 34.8 Å². The van der Waals surface area contributed by atoms with Crippen LogP contribution in [0.15, 0.2) is 54.6 Å². The third-order valence-corrected chi connectivity index (χ3v) is 7.12. The number of aliphatic hydroxyl groups excluding tert-OH is 1. The molecule has 1 amide bonds. The Balaban J connectivity index is 1.45. The molecule has 174 valence electrons. The van der Waals surface area contributed by atoms with Crippen LogP contribution in [0.2, 0.25) is 0 Å². The molecule has 4 rings (SSSR count). The van der Waals surface area contributed by atoms with E-state index < -0.39 is 23.8 Å². The van der Waals surface area contributed by atoms with Crippen molar-refractivity contribution in [3.8, 4) is 10.4 Å². The summed E-state index contributed by atoms with van der Waals surface area (Å²) in [7, 11) is 0. The first-order chi connectivity index (χ1) is 15.7. The Bertz CT molecular complexity index is 1120. The number of hydrogen-bond acceptors (Lipinski definition) is 4. The standard InChI is InChI=1S/C26H28F2N2O2S/c1-16-6-7-25(33-16)19-4-3-5-20(13-19)26(8-9-26)29-15-24(32)23(30-17(2)31)12-18-10-21(27)14-22(28)11-18/h3-7,10-11,13-14,23-24,29,32H,8-9,12,15H2,1-2H3,(H,30,31). The lowest BCUT2D eigenvalue weighted by molar-refractivity contribution is -0.120. The molecule has 2 atom stereocenters. The van der Waals surface area contributed by atoms with Gasteiger partial charge in [-0.2, -0.15) is 0 Å². The van der Waals surface area contributed by atoms with Gasteiger partial charge in [-0.25, -0.2) is 8.78 Å². The van der Waals surface area contributed by atoms with Gasteiger partial charge in [0.25, 0.3) is 0 Å². The van der Waals surface area contributed by atoms with Gasteiger partial charge in [0.1, 0.15) is 11.6 Å². The third-order valence-electron chi connectivity index (χ3n) is 6.07. The van der Waals surface area contributed by atoms with Gasteiger partial charge in [0.05, 0.1) is 12.1 Å². The highest BCUT2D eigenvalue weighted by Gasteiger charge is 2.44. The van der Waals surface area contributed by atoms with E-state index in [0.717, 1.165) is 18.9 Å². The third kappa shape index (κ3) is 5.85. The number of carbonyl (C=O) groups excluding carboxylic acids is 1. The van der Waals surface area contributed by atoms with Crippen LogP contribution in [0.4, 0.5) is 8.78 Å². The molecule has 2 unspecified atom stereocenters. The maximum absolute atomic E-state index is 13.6. The Morgan fingerprint density at radius 2 is 1.85 bits per heavy atom. The number of amides is 1. The molecule has 0 radical (unpaired) electrons. The first-order valence-corrected chi connectivity index (χ1v) is 11.9. The van der Waals surface area contributed by atoms with Crippen LogP contribution in [0.3, 0.4) is 0 Å². The lowest BCUT2D eigenvalue weighted by Gasteiger charge is -2.27. The second-order valence-corrected chi connectivity index (χ2v) is 10.1. The molecule has 0 spiro atoms. The van der Waals surface area contributed by atoms with Crippen molar-refractivity contribution in [2.45, 2.75) is 50.8 Å². The van der Waals surface area contributed by atoms with Gasteiger partial charge in [-0.1, -0.05) is 18.2 Å². The molecule has 1 heterocycles. The lowest BCUT2D eigenvalue weighted by atomic mass is 9.98. The van der Waals surface area contributed by atoms with Crippen LogP contribution in [0.1, 0.15) is 35.8 Å². The number of rotatable bonds is 9. The summed E-state index contributed by atoms with van der Waals surface area (Å²) in [4.78, 5) is 14.2. The zero-order valence-corrected chi connectivity index (χ0v) is 19.5. The maximum Gasteiger partial charge on any atom is 0.217 e. The minimum absolute atomic E-state index is 0.122. The molecule has 3 aromatic rings. The molecule has 1 aliphatic carbocycles. The zero-order chi connectivity index (χ0) is 23.6. The molecule has 0 bridgehead atoms. The van der Waals surface area contributed by atoms with Crippen LogP contribution < -0.4 is 10.6 Å². The lowest BCUT2D eigenvalue weighted by Crippen LogP contribution is -2.49. The number of halogens is 2. The van der Waals surface area contributed by atoms with E-state index >= 15 is 0 Å². The van der Waals surface area contributed by atoms with Crippen LogP contribution in [0.5, 0.6) is 0 Å². The highest BCUT2D eigenvalue weighted by molar-refractivity contribution is 7.15. The number of nitrogens with one attached hydrogen (secondary N) is 2. The minimum Gasteiger partial charge on any atom is -0.390 e. The number of hydrogen-bond donors (Lipinski definition) is 3. The molecule has 1 saturated carbocycles. The van der Waals surface area contributed by atoms with Crippen LogP contribution in [0, 0.1) is 18.6 Å². The molecule has 1 fully saturated rings. The van der Waals surface area contributed by atoms with Gasteiger partial charge in [0.2, 0.25) is 5.91 Å². The largest absolute Gasteiger partial charge is 0.390 e. The Kier molecular flexibility index (Phi) is 6.93. The predicted octanol–water partition coefficient (Wildman–Crippen LogP) is 4.69. The summed E-state index contributed by atoms with van der Waals surface area (Å²) in [5, 5.41) is 17.1. The van der Waals surface area contributed by atoms with Gasteiger partial charge in [-0.3, -0.25) is 4.79 Å². The molecule has 2 aromatic carbocycles. The van der Waals surface area contributed by atoms with E-state index in [1.54, 1.807) is 11.3 Å². The van der Waals surface area contributed by atoms with Crippen molar-refractivity contribution in [2.75, 3.05) is 6.54 Å².